The van der Waals surface area contributed by atoms with Gasteiger partial charge in [0.15, 0.2) is 0 Å². The molecular formula is C13H11LiO6. The van der Waals surface area contributed by atoms with Crippen LogP contribution in [0.5, 0.6) is 0 Å². The number of aliphatic carboxylic acids is 3. The first kappa shape index (κ1) is 20.0. The fourth-order valence-corrected chi connectivity index (χ4v) is 0.871. The van der Waals surface area contributed by atoms with Crippen LogP contribution in [0.1, 0.15) is 5.56 Å². The van der Waals surface area contributed by atoms with E-state index in [1.54, 1.807) is 6.08 Å². The van der Waals surface area contributed by atoms with Crippen molar-refractivity contribution in [3.63, 3.8) is 0 Å². The van der Waals surface area contributed by atoms with Crippen molar-refractivity contribution in [2.45, 2.75) is 0 Å². The molecule has 0 aliphatic carbocycles. The van der Waals surface area contributed by atoms with E-state index >= 15 is 0 Å². The molecule has 0 atom stereocenters. The van der Waals surface area contributed by atoms with E-state index in [2.05, 4.69) is 0 Å². The van der Waals surface area contributed by atoms with Gasteiger partial charge in [0.2, 0.25) is 0 Å². The van der Waals surface area contributed by atoms with Gasteiger partial charge in [0.05, 0.1) is 5.97 Å². The second-order valence-electron chi connectivity index (χ2n) is 3.07. The molecule has 0 radical (unpaired) electrons. The maximum absolute atomic E-state index is 10.1. The van der Waals surface area contributed by atoms with Gasteiger partial charge >= 0.3 is 30.8 Å². The fraction of sp³-hybridized carbons (Fsp3) is 0. The van der Waals surface area contributed by atoms with Gasteiger partial charge in [0, 0.05) is 12.2 Å². The molecule has 0 aliphatic rings. The van der Waals surface area contributed by atoms with E-state index in [-0.39, 0.29) is 18.9 Å². The van der Waals surface area contributed by atoms with Gasteiger partial charge < -0.3 is 20.1 Å². The summed E-state index contributed by atoms with van der Waals surface area (Å²) in [5.74, 6) is -3.73. The van der Waals surface area contributed by atoms with Crippen LogP contribution in [0.4, 0.5) is 0 Å². The molecule has 0 heterocycles. The van der Waals surface area contributed by atoms with Gasteiger partial charge in [-0.2, -0.15) is 0 Å². The summed E-state index contributed by atoms with van der Waals surface area (Å²) in [4.78, 5) is 29.1. The van der Waals surface area contributed by atoms with Crippen LogP contribution in [0.3, 0.4) is 0 Å². The molecule has 0 spiro atoms. The smallest absolute Gasteiger partial charge is 0.545 e. The molecule has 100 valence electrons. The summed E-state index contributed by atoms with van der Waals surface area (Å²) in [5, 5.41) is 25.5. The normalized spacial score (nSPS) is 9.40. The van der Waals surface area contributed by atoms with Crippen LogP contribution in [0.25, 0.3) is 6.08 Å². The van der Waals surface area contributed by atoms with Gasteiger partial charge in [-0.15, -0.1) is 0 Å². The summed E-state index contributed by atoms with van der Waals surface area (Å²) >= 11 is 0. The predicted molar refractivity (Wildman–Crippen MR) is 64.9 cm³/mol. The Morgan fingerprint density at radius 3 is 1.75 bits per heavy atom. The van der Waals surface area contributed by atoms with Crippen LogP contribution in [-0.2, 0) is 14.4 Å². The van der Waals surface area contributed by atoms with Gasteiger partial charge in [0.25, 0.3) is 0 Å². The standard InChI is InChI=1S/C9H8O2.C4H4O4.Li/c10-9(11)7-6-8-4-2-1-3-5-8;5-3(6)1-2-4(7)8;/h1-7H,(H,10,11);1-2H,(H,5,6)(H,7,8);/q;;+1/p-1/b;2-1-;. The summed E-state index contributed by atoms with van der Waals surface area (Å²) in [7, 11) is 0. The molecule has 1 rings (SSSR count). The van der Waals surface area contributed by atoms with Crippen molar-refractivity contribution in [1.82, 2.24) is 0 Å². The monoisotopic (exact) mass is 270 g/mol. The Labute approximate surface area is 127 Å². The number of carboxylic acids is 3. The van der Waals surface area contributed by atoms with Crippen LogP contribution in [0, 0.1) is 0 Å². The topological polar surface area (TPSA) is 115 Å². The Bertz CT molecular complexity index is 477. The Morgan fingerprint density at radius 1 is 0.900 bits per heavy atom. The van der Waals surface area contributed by atoms with Crippen LogP contribution < -0.4 is 24.0 Å². The maximum atomic E-state index is 10.1. The first-order chi connectivity index (χ1) is 8.91. The van der Waals surface area contributed by atoms with Crippen molar-refractivity contribution < 1.29 is 48.6 Å². The first-order valence-corrected chi connectivity index (χ1v) is 5.00. The van der Waals surface area contributed by atoms with E-state index in [4.69, 9.17) is 10.2 Å². The second kappa shape index (κ2) is 11.8. The van der Waals surface area contributed by atoms with E-state index in [0.717, 1.165) is 11.6 Å². The number of hydrogen-bond acceptors (Lipinski definition) is 4. The average molecular weight is 270 g/mol. The van der Waals surface area contributed by atoms with Crippen molar-refractivity contribution in [1.29, 1.82) is 0 Å². The number of hydrogen-bond donors (Lipinski definition) is 2. The minimum atomic E-state index is -1.51. The Morgan fingerprint density at radius 2 is 1.40 bits per heavy atom. The number of carbonyl (C=O) groups excluding carboxylic acids is 1. The van der Waals surface area contributed by atoms with E-state index in [1.165, 1.54) is 0 Å². The quantitative estimate of drug-likeness (QED) is 0.450. The number of rotatable bonds is 4. The van der Waals surface area contributed by atoms with E-state index in [9.17, 15) is 19.5 Å². The van der Waals surface area contributed by atoms with Gasteiger partial charge in [-0.3, -0.25) is 0 Å². The van der Waals surface area contributed by atoms with E-state index in [0.29, 0.717) is 12.2 Å². The van der Waals surface area contributed by atoms with E-state index in [1.807, 2.05) is 30.3 Å². The third-order valence-electron chi connectivity index (χ3n) is 1.58. The summed E-state index contributed by atoms with van der Waals surface area (Å²) in [5.41, 5.74) is 0.898. The zero-order chi connectivity index (χ0) is 14.7. The summed E-state index contributed by atoms with van der Waals surface area (Å²) in [6.45, 7) is 0. The van der Waals surface area contributed by atoms with Gasteiger partial charge in [-0.05, 0) is 17.7 Å². The molecule has 1 aromatic carbocycles. The number of benzene rings is 1. The van der Waals surface area contributed by atoms with E-state index < -0.39 is 17.9 Å². The fourth-order valence-electron chi connectivity index (χ4n) is 0.871. The van der Waals surface area contributed by atoms with Crippen LogP contribution in [0.2, 0.25) is 0 Å². The molecule has 20 heavy (non-hydrogen) atoms. The molecule has 6 nitrogen and oxygen atoms in total. The molecule has 0 fully saturated rings. The van der Waals surface area contributed by atoms with Crippen LogP contribution in [-0.4, -0.2) is 28.1 Å². The van der Waals surface area contributed by atoms with Gasteiger partial charge in [0.1, 0.15) is 0 Å². The summed E-state index contributed by atoms with van der Waals surface area (Å²) < 4.78 is 0. The Hall–Kier alpha value is -2.29. The predicted octanol–water partition coefficient (Wildman–Crippen LogP) is -2.83. The average Bonchev–Trinajstić information content (AvgIpc) is 2.36. The van der Waals surface area contributed by atoms with Crippen molar-refractivity contribution in [3.05, 3.63) is 54.1 Å². The third kappa shape index (κ3) is 13.8. The molecule has 0 aliphatic heterocycles. The van der Waals surface area contributed by atoms with Crippen molar-refractivity contribution >= 4 is 24.0 Å². The Balaban J connectivity index is 0. The molecule has 1 aromatic rings. The number of carbonyl (C=O) groups is 3. The number of carboxylic acid groups (broad SMARTS) is 3. The molecular weight excluding hydrogens is 259 g/mol. The maximum Gasteiger partial charge on any atom is 1.00 e. The van der Waals surface area contributed by atoms with Gasteiger partial charge in [-0.1, -0.05) is 30.3 Å². The molecule has 0 saturated carbocycles. The molecule has 2 N–H and O–H groups in total. The molecule has 0 bridgehead atoms. The zero-order valence-electron chi connectivity index (χ0n) is 10.7. The van der Waals surface area contributed by atoms with Crippen molar-refractivity contribution in [2.24, 2.45) is 0 Å². The minimum Gasteiger partial charge on any atom is -0.545 e. The molecule has 0 amide bonds. The second-order valence-corrected chi connectivity index (χ2v) is 3.07. The summed E-state index contributed by atoms with van der Waals surface area (Å²) in [6.07, 6.45) is 3.62. The minimum absolute atomic E-state index is 0. The first-order valence-electron chi connectivity index (χ1n) is 5.00. The molecule has 0 saturated heterocycles. The van der Waals surface area contributed by atoms with Crippen molar-refractivity contribution in [3.8, 4) is 0 Å². The molecule has 0 aromatic heterocycles. The SMILES string of the molecule is O=C(O)C=Cc1ccccc1.O=C([O-])/C=C\C(=O)O.[Li+]. The largest absolute Gasteiger partial charge is 1.00 e. The third-order valence-corrected chi connectivity index (χ3v) is 1.58. The molecule has 7 heteroatoms. The molecule has 0 unspecified atom stereocenters. The Kier molecular flexibility index (Phi) is 11.8. The summed E-state index contributed by atoms with van der Waals surface area (Å²) in [6, 6.07) is 9.31. The van der Waals surface area contributed by atoms with Crippen LogP contribution in [0.15, 0.2) is 48.6 Å². The van der Waals surface area contributed by atoms with Crippen LogP contribution >= 0.6 is 0 Å². The zero-order valence-corrected chi connectivity index (χ0v) is 10.7. The van der Waals surface area contributed by atoms with Crippen molar-refractivity contribution in [2.75, 3.05) is 0 Å². The van der Waals surface area contributed by atoms with Gasteiger partial charge in [-0.25, -0.2) is 9.59 Å².